The predicted octanol–water partition coefficient (Wildman–Crippen LogP) is 4.92. The quantitative estimate of drug-likeness (QED) is 0.582. The van der Waals surface area contributed by atoms with Crippen LogP contribution in [0.1, 0.15) is 46.1 Å². The fraction of sp³-hybridized carbons (Fsp3) is 0.304. The van der Waals surface area contributed by atoms with Crippen LogP contribution in [0.5, 0.6) is 5.75 Å². The molecule has 5 nitrogen and oxygen atoms in total. The standard InChI is InChI=1S/C23H23ClFN3O2/c1-14-20(22(24)28(27-14)13-15-3-9-18(25)10-4-15)23(29)26-21(16-5-6-16)17-7-11-19(30-2)12-8-17/h3-4,7-12,16,21H,5-6,13H2,1-2H3,(H,26,29). The van der Waals surface area contributed by atoms with Crippen LogP contribution in [0.4, 0.5) is 4.39 Å². The van der Waals surface area contributed by atoms with E-state index in [-0.39, 0.29) is 22.9 Å². The van der Waals surface area contributed by atoms with Crippen LogP contribution in [0, 0.1) is 18.7 Å². The summed E-state index contributed by atoms with van der Waals surface area (Å²) in [6.45, 7) is 2.12. The van der Waals surface area contributed by atoms with Gasteiger partial charge in [0.15, 0.2) is 0 Å². The van der Waals surface area contributed by atoms with Gasteiger partial charge in [0.25, 0.3) is 5.91 Å². The van der Waals surface area contributed by atoms with E-state index in [9.17, 15) is 9.18 Å². The molecule has 1 amide bonds. The van der Waals surface area contributed by atoms with Crippen molar-refractivity contribution >= 4 is 17.5 Å². The number of hydrogen-bond acceptors (Lipinski definition) is 3. The first-order valence-corrected chi connectivity index (χ1v) is 10.3. The maximum absolute atomic E-state index is 13.1. The summed E-state index contributed by atoms with van der Waals surface area (Å²) in [5.74, 6) is 0.651. The third-order valence-electron chi connectivity index (χ3n) is 5.39. The lowest BCUT2D eigenvalue weighted by Gasteiger charge is -2.19. The molecule has 30 heavy (non-hydrogen) atoms. The normalized spacial score (nSPS) is 14.4. The van der Waals surface area contributed by atoms with Gasteiger partial charge in [0.05, 0.1) is 31.0 Å². The lowest BCUT2D eigenvalue weighted by molar-refractivity contribution is 0.0931. The van der Waals surface area contributed by atoms with E-state index < -0.39 is 0 Å². The van der Waals surface area contributed by atoms with Crippen LogP contribution in [-0.4, -0.2) is 22.8 Å². The summed E-state index contributed by atoms with van der Waals surface area (Å²) >= 11 is 6.52. The molecule has 1 aromatic heterocycles. The number of aryl methyl sites for hydroxylation is 1. The highest BCUT2D eigenvalue weighted by Gasteiger charge is 2.34. The van der Waals surface area contributed by atoms with Gasteiger partial charge in [-0.05, 0) is 61.1 Å². The van der Waals surface area contributed by atoms with Crippen molar-refractivity contribution < 1.29 is 13.9 Å². The Hall–Kier alpha value is -2.86. The molecule has 3 aromatic rings. The topological polar surface area (TPSA) is 56.1 Å². The number of methoxy groups -OCH3 is 1. The van der Waals surface area contributed by atoms with Gasteiger partial charge >= 0.3 is 0 Å². The SMILES string of the molecule is COc1ccc(C(NC(=O)c2c(C)nn(Cc3ccc(F)cc3)c2Cl)C2CC2)cc1. The first kappa shape index (κ1) is 20.4. The first-order valence-electron chi connectivity index (χ1n) is 9.88. The molecule has 1 fully saturated rings. The number of amides is 1. The van der Waals surface area contributed by atoms with E-state index in [4.69, 9.17) is 16.3 Å². The van der Waals surface area contributed by atoms with E-state index in [0.717, 1.165) is 29.7 Å². The molecular formula is C23H23ClFN3O2. The van der Waals surface area contributed by atoms with E-state index >= 15 is 0 Å². The molecule has 0 saturated heterocycles. The molecule has 1 aliphatic carbocycles. The average molecular weight is 428 g/mol. The summed E-state index contributed by atoms with van der Waals surface area (Å²) in [6, 6.07) is 13.8. The van der Waals surface area contributed by atoms with Crippen LogP contribution in [0.15, 0.2) is 48.5 Å². The number of rotatable bonds is 7. The third kappa shape index (κ3) is 4.33. The number of carbonyl (C=O) groups is 1. The van der Waals surface area contributed by atoms with Crippen molar-refractivity contribution in [2.45, 2.75) is 32.4 Å². The monoisotopic (exact) mass is 427 g/mol. The molecule has 1 atom stereocenters. The molecule has 1 unspecified atom stereocenters. The van der Waals surface area contributed by atoms with Crippen LogP contribution in [-0.2, 0) is 6.54 Å². The van der Waals surface area contributed by atoms with Gasteiger partial charge in [0.1, 0.15) is 16.7 Å². The minimum atomic E-state index is -0.300. The molecule has 0 radical (unpaired) electrons. The Balaban J connectivity index is 1.54. The zero-order valence-corrected chi connectivity index (χ0v) is 17.6. The average Bonchev–Trinajstić information content (AvgIpc) is 3.54. The molecule has 0 spiro atoms. The van der Waals surface area contributed by atoms with Gasteiger partial charge in [-0.1, -0.05) is 35.9 Å². The van der Waals surface area contributed by atoms with E-state index in [1.165, 1.54) is 12.1 Å². The smallest absolute Gasteiger partial charge is 0.256 e. The minimum Gasteiger partial charge on any atom is -0.497 e. The van der Waals surface area contributed by atoms with Gasteiger partial charge in [-0.3, -0.25) is 4.79 Å². The third-order valence-corrected chi connectivity index (χ3v) is 5.78. The fourth-order valence-electron chi connectivity index (χ4n) is 3.61. The van der Waals surface area contributed by atoms with Crippen LogP contribution in [0.2, 0.25) is 5.15 Å². The Morgan fingerprint density at radius 1 is 1.23 bits per heavy atom. The van der Waals surface area contributed by atoms with Gasteiger partial charge in [0.2, 0.25) is 0 Å². The largest absolute Gasteiger partial charge is 0.497 e. The van der Waals surface area contributed by atoms with E-state index in [0.29, 0.717) is 23.7 Å². The highest BCUT2D eigenvalue weighted by atomic mass is 35.5. The second-order valence-electron chi connectivity index (χ2n) is 7.60. The Kier molecular flexibility index (Phi) is 5.77. The summed E-state index contributed by atoms with van der Waals surface area (Å²) in [5.41, 5.74) is 2.82. The van der Waals surface area contributed by atoms with Gasteiger partial charge in [-0.15, -0.1) is 0 Å². The van der Waals surface area contributed by atoms with Crippen LogP contribution in [0.3, 0.4) is 0 Å². The molecule has 0 bridgehead atoms. The van der Waals surface area contributed by atoms with Crippen molar-refractivity contribution in [2.75, 3.05) is 7.11 Å². The number of nitrogens with one attached hydrogen (secondary N) is 1. The molecule has 1 saturated carbocycles. The van der Waals surface area contributed by atoms with E-state index in [1.54, 1.807) is 30.8 Å². The molecule has 1 heterocycles. The van der Waals surface area contributed by atoms with Crippen LogP contribution in [0.25, 0.3) is 0 Å². The Bertz CT molecular complexity index is 1040. The molecule has 4 rings (SSSR count). The zero-order chi connectivity index (χ0) is 21.3. The van der Waals surface area contributed by atoms with Gasteiger partial charge < -0.3 is 10.1 Å². The van der Waals surface area contributed by atoms with Crippen molar-refractivity contribution in [3.05, 3.63) is 81.9 Å². The Labute approximate surface area is 179 Å². The molecule has 156 valence electrons. The van der Waals surface area contributed by atoms with Crippen molar-refractivity contribution in [1.29, 1.82) is 0 Å². The van der Waals surface area contributed by atoms with Crippen molar-refractivity contribution in [2.24, 2.45) is 5.92 Å². The second kappa shape index (κ2) is 8.48. The summed E-state index contributed by atoms with van der Waals surface area (Å²) in [5, 5.41) is 7.85. The molecule has 2 aromatic carbocycles. The van der Waals surface area contributed by atoms with Crippen LogP contribution < -0.4 is 10.1 Å². The van der Waals surface area contributed by atoms with Crippen molar-refractivity contribution in [3.8, 4) is 5.75 Å². The Morgan fingerprint density at radius 3 is 2.50 bits per heavy atom. The lowest BCUT2D eigenvalue weighted by atomic mass is 10.0. The van der Waals surface area contributed by atoms with E-state index in [2.05, 4.69) is 10.4 Å². The first-order chi connectivity index (χ1) is 14.5. The maximum Gasteiger partial charge on any atom is 0.256 e. The summed E-state index contributed by atoms with van der Waals surface area (Å²) in [7, 11) is 1.63. The number of hydrogen-bond donors (Lipinski definition) is 1. The van der Waals surface area contributed by atoms with Gasteiger partial charge in [-0.25, -0.2) is 9.07 Å². The maximum atomic E-state index is 13.1. The number of ether oxygens (including phenoxy) is 1. The molecule has 1 aliphatic rings. The highest BCUT2D eigenvalue weighted by Crippen LogP contribution is 2.41. The van der Waals surface area contributed by atoms with Crippen molar-refractivity contribution in [3.63, 3.8) is 0 Å². The summed E-state index contributed by atoms with van der Waals surface area (Å²) in [4.78, 5) is 13.1. The minimum absolute atomic E-state index is 0.0840. The number of aromatic nitrogens is 2. The molecular weight excluding hydrogens is 405 g/mol. The van der Waals surface area contributed by atoms with Crippen LogP contribution >= 0.6 is 11.6 Å². The predicted molar refractivity (Wildman–Crippen MR) is 113 cm³/mol. The number of benzene rings is 2. The second-order valence-corrected chi connectivity index (χ2v) is 7.96. The van der Waals surface area contributed by atoms with Crippen molar-refractivity contribution in [1.82, 2.24) is 15.1 Å². The number of nitrogens with zero attached hydrogens (tertiary/aromatic N) is 2. The lowest BCUT2D eigenvalue weighted by Crippen LogP contribution is -2.30. The fourth-order valence-corrected chi connectivity index (χ4v) is 3.93. The molecule has 7 heteroatoms. The van der Waals surface area contributed by atoms with Gasteiger partial charge in [-0.2, -0.15) is 5.10 Å². The molecule has 0 aliphatic heterocycles. The number of carbonyl (C=O) groups excluding carboxylic acids is 1. The summed E-state index contributed by atoms with van der Waals surface area (Å²) in [6.07, 6.45) is 2.15. The molecule has 1 N–H and O–H groups in total. The number of halogens is 2. The van der Waals surface area contributed by atoms with Gasteiger partial charge in [0, 0.05) is 0 Å². The highest BCUT2D eigenvalue weighted by molar-refractivity contribution is 6.33. The van der Waals surface area contributed by atoms with E-state index in [1.807, 2.05) is 24.3 Å². The zero-order valence-electron chi connectivity index (χ0n) is 16.9. The summed E-state index contributed by atoms with van der Waals surface area (Å²) < 4.78 is 19.9. The Morgan fingerprint density at radius 2 is 1.90 bits per heavy atom.